The summed E-state index contributed by atoms with van der Waals surface area (Å²) >= 11 is 0. The maximum absolute atomic E-state index is 13.7. The van der Waals surface area contributed by atoms with Crippen LogP contribution in [0.25, 0.3) is 22.1 Å². The highest BCUT2D eigenvalue weighted by atomic mass is 32.2. The van der Waals surface area contributed by atoms with E-state index in [2.05, 4.69) is 29.4 Å². The Bertz CT molecular complexity index is 3400. The zero-order valence-corrected chi connectivity index (χ0v) is 44.2. The molecule has 0 saturated heterocycles. The van der Waals surface area contributed by atoms with Gasteiger partial charge in [0.15, 0.2) is 11.4 Å². The van der Waals surface area contributed by atoms with E-state index in [1.807, 2.05) is 70.2 Å². The van der Waals surface area contributed by atoms with Crippen molar-refractivity contribution in [3.63, 3.8) is 0 Å². The molecule has 20 nitrogen and oxygen atoms in total. The number of benzene rings is 4. The van der Waals surface area contributed by atoms with Crippen LogP contribution in [0, 0.1) is 6.92 Å². The van der Waals surface area contributed by atoms with Crippen molar-refractivity contribution in [3.05, 3.63) is 141 Å². The van der Waals surface area contributed by atoms with E-state index in [1.165, 1.54) is 37.6 Å². The van der Waals surface area contributed by atoms with Gasteiger partial charge in [-0.2, -0.15) is 9.97 Å². The maximum atomic E-state index is 13.7. The number of methoxy groups -OCH3 is 4. The number of aromatic hydroxyl groups is 2. The lowest BCUT2D eigenvalue weighted by Gasteiger charge is -2.22. The molecule has 0 aliphatic rings. The van der Waals surface area contributed by atoms with Crippen molar-refractivity contribution >= 4 is 42.2 Å². The van der Waals surface area contributed by atoms with Crippen molar-refractivity contribution < 1.29 is 46.0 Å². The Morgan fingerprint density at radius 2 is 1.12 bits per heavy atom. The van der Waals surface area contributed by atoms with E-state index in [4.69, 9.17) is 18.9 Å². The van der Waals surface area contributed by atoms with E-state index >= 15 is 0 Å². The number of rotatable bonds is 22. The Balaban J connectivity index is 0.000000274. The minimum absolute atomic E-state index is 0. The quantitative estimate of drug-likeness (QED) is 0.0501. The molecular weight excluding hydrogens is 1000 g/mol. The number of nitrogens with one attached hydrogen (secondary N) is 2. The van der Waals surface area contributed by atoms with Gasteiger partial charge in [-0.3, -0.25) is 28.2 Å². The average molecular weight is 1070 g/mol. The highest BCUT2D eigenvalue weighted by molar-refractivity contribution is 7.93. The predicted molar refractivity (Wildman–Crippen MR) is 291 cm³/mol. The largest absolute Gasteiger partial charge is 0.494 e. The van der Waals surface area contributed by atoms with Crippen molar-refractivity contribution in [2.45, 2.75) is 86.0 Å². The molecule has 1 atom stereocenters. The normalized spacial score (nSPS) is 11.7. The van der Waals surface area contributed by atoms with Crippen LogP contribution in [0.3, 0.4) is 0 Å². The first kappa shape index (κ1) is 58.2. The summed E-state index contributed by atoms with van der Waals surface area (Å²) in [5, 5.41) is 23.4. The summed E-state index contributed by atoms with van der Waals surface area (Å²) in [7, 11) is -2.27. The van der Waals surface area contributed by atoms with Crippen LogP contribution in [-0.2, 0) is 39.3 Å². The summed E-state index contributed by atoms with van der Waals surface area (Å²) in [6, 6.07) is 23.6. The molecule has 75 heavy (non-hydrogen) atoms. The monoisotopic (exact) mass is 1070 g/mol. The third kappa shape index (κ3) is 14.1. The number of anilines is 2. The lowest BCUT2D eigenvalue weighted by atomic mass is 10.0. The topological polar surface area (TPSA) is 265 Å². The smallest absolute Gasteiger partial charge is 0.286 e. The van der Waals surface area contributed by atoms with Crippen LogP contribution in [0.15, 0.2) is 101 Å². The van der Waals surface area contributed by atoms with Gasteiger partial charge < -0.3 is 29.2 Å². The van der Waals surface area contributed by atoms with Crippen LogP contribution in [0.5, 0.6) is 34.8 Å². The maximum Gasteiger partial charge on any atom is 0.286 e. The molecule has 0 aliphatic carbocycles. The molecule has 7 rings (SSSR count). The number of hydrogen-bond donors (Lipinski definition) is 4. The standard InChI is InChI=1S/C28H31N3O6S.C24H31N5O6S.CH4/c1-4-5-13-24-29-27(32)25(28(33)31(24)26-22(36-2)11-8-12-23(26)37-3)30-38(34,35)17-16-19-14-15-20-9-6-7-10-21(20)18-19;1-6-8-16(3)22-27-23(30)20(28-36(32,33)12-11-19-25-13-15(2)14-26-19)24(31)29(22)21-17(34-4)9-7-10-18(21)35-5;/h6-12,14-15,18,30,32H,4-5,13,16-17H2,1-3H3;7,9-10,13-14,16,28,30H,6,8,11-12H2,1-5H3;1H4/t;16-;/m.0./s1. The third-order valence-electron chi connectivity index (χ3n) is 11.8. The first-order valence-electron chi connectivity index (χ1n) is 23.8. The minimum Gasteiger partial charge on any atom is -0.494 e. The first-order valence-corrected chi connectivity index (χ1v) is 27.1. The molecule has 0 amide bonds. The molecule has 0 bridgehead atoms. The Morgan fingerprint density at radius 1 is 0.627 bits per heavy atom. The van der Waals surface area contributed by atoms with E-state index in [0.29, 0.717) is 48.1 Å². The minimum atomic E-state index is -4.07. The molecule has 0 unspecified atom stereocenters. The fourth-order valence-corrected chi connectivity index (χ4v) is 10.2. The van der Waals surface area contributed by atoms with Crippen LogP contribution in [0.4, 0.5) is 11.4 Å². The first-order chi connectivity index (χ1) is 35.4. The number of unbranched alkanes of at least 4 members (excludes halogenated alkanes) is 1. The van der Waals surface area contributed by atoms with Crippen LogP contribution in [0.1, 0.15) is 88.4 Å². The molecule has 0 spiro atoms. The number of fused-ring (bicyclic) bond motifs is 1. The van der Waals surface area contributed by atoms with E-state index in [0.717, 1.165) is 34.7 Å². The Hall–Kier alpha value is -7.72. The fourth-order valence-electron chi connectivity index (χ4n) is 8.04. The number of sulfonamides is 2. The summed E-state index contributed by atoms with van der Waals surface area (Å²) in [6.45, 7) is 7.67. The zero-order chi connectivity index (χ0) is 53.7. The number of aromatic nitrogens is 6. The molecule has 22 heteroatoms. The number of para-hydroxylation sites is 2. The van der Waals surface area contributed by atoms with Gasteiger partial charge >= 0.3 is 0 Å². The van der Waals surface area contributed by atoms with Crippen LogP contribution < -0.4 is 39.5 Å². The van der Waals surface area contributed by atoms with Crippen LogP contribution in [-0.4, -0.2) is 96.1 Å². The van der Waals surface area contributed by atoms with Crippen LogP contribution in [0.2, 0.25) is 0 Å². The highest BCUT2D eigenvalue weighted by Gasteiger charge is 2.29. The molecule has 0 fully saturated rings. The van der Waals surface area contributed by atoms with E-state index in [1.54, 1.807) is 48.8 Å². The van der Waals surface area contributed by atoms with Gasteiger partial charge in [-0.25, -0.2) is 26.8 Å². The number of nitrogens with zero attached hydrogens (tertiary/aromatic N) is 6. The van der Waals surface area contributed by atoms with E-state index < -0.39 is 60.1 Å². The lowest BCUT2D eigenvalue weighted by Crippen LogP contribution is -2.31. The van der Waals surface area contributed by atoms with Crippen molar-refractivity contribution in [3.8, 4) is 46.1 Å². The lowest BCUT2D eigenvalue weighted by molar-refractivity contribution is 0.387. The number of ether oxygens (including phenoxy) is 4. The van der Waals surface area contributed by atoms with Gasteiger partial charge in [0.2, 0.25) is 31.8 Å². The molecule has 7 aromatic rings. The molecule has 4 N–H and O–H groups in total. The Kier molecular flexibility index (Phi) is 20.1. The predicted octanol–water partition coefficient (Wildman–Crippen LogP) is 8.01. The highest BCUT2D eigenvalue weighted by Crippen LogP contribution is 2.37. The van der Waals surface area contributed by atoms with Gasteiger partial charge in [-0.05, 0) is 72.4 Å². The summed E-state index contributed by atoms with van der Waals surface area (Å²) in [6.07, 6.45) is 6.78. The second-order valence-electron chi connectivity index (χ2n) is 17.2. The number of hydrogen-bond acceptors (Lipinski definition) is 16. The molecule has 0 aliphatic heterocycles. The van der Waals surface area contributed by atoms with Gasteiger partial charge in [-0.15, -0.1) is 0 Å². The van der Waals surface area contributed by atoms with Gasteiger partial charge in [0, 0.05) is 31.2 Å². The SMILES string of the molecule is C.CCCCc1nc(O)c(NS(=O)(=O)CCc2ccc3ccccc3c2)c(=O)n1-c1c(OC)cccc1OC.CCC[C@H](C)c1nc(O)c(NS(=O)(=O)CCc2ncc(C)cn2)c(=O)n1-c1c(OC)cccc1OC. The third-order valence-corrected chi connectivity index (χ3v) is 14.3. The summed E-state index contributed by atoms with van der Waals surface area (Å²) in [5.74, 6) is -0.170. The van der Waals surface area contributed by atoms with E-state index in [9.17, 15) is 36.6 Å². The second kappa shape index (κ2) is 26.0. The zero-order valence-electron chi connectivity index (χ0n) is 42.6. The van der Waals surface area contributed by atoms with E-state index in [-0.39, 0.29) is 55.0 Å². The summed E-state index contributed by atoms with van der Waals surface area (Å²) < 4.78 is 80.7. The number of aryl methyl sites for hydroxylation is 4. The van der Waals surface area contributed by atoms with Gasteiger partial charge in [-0.1, -0.05) is 95.6 Å². The van der Waals surface area contributed by atoms with Crippen molar-refractivity contribution in [2.75, 3.05) is 49.4 Å². The molecular formula is C53H66N8O12S2. The molecule has 3 heterocycles. The Labute approximate surface area is 437 Å². The average Bonchev–Trinajstić information content (AvgIpc) is 3.39. The summed E-state index contributed by atoms with van der Waals surface area (Å²) in [5.41, 5.74) is -0.469. The van der Waals surface area contributed by atoms with Crippen molar-refractivity contribution in [2.24, 2.45) is 0 Å². The molecule has 402 valence electrons. The second-order valence-corrected chi connectivity index (χ2v) is 20.9. The molecule has 3 aromatic heterocycles. The molecule has 4 aromatic carbocycles. The summed E-state index contributed by atoms with van der Waals surface area (Å²) in [4.78, 5) is 44.2. The van der Waals surface area contributed by atoms with Crippen molar-refractivity contribution in [1.29, 1.82) is 0 Å². The molecule has 0 radical (unpaired) electrons. The van der Waals surface area contributed by atoms with Crippen LogP contribution >= 0.6 is 0 Å². The van der Waals surface area contributed by atoms with Crippen molar-refractivity contribution in [1.82, 2.24) is 29.1 Å². The fraction of sp³-hybridized carbons (Fsp3) is 0.358. The van der Waals surface area contributed by atoms with Gasteiger partial charge in [0.25, 0.3) is 11.1 Å². The Morgan fingerprint density at radius 3 is 1.64 bits per heavy atom. The van der Waals surface area contributed by atoms with Gasteiger partial charge in [0.05, 0.1) is 39.9 Å². The molecule has 0 saturated carbocycles. The van der Waals surface area contributed by atoms with Gasteiger partial charge in [0.1, 0.15) is 51.8 Å².